The van der Waals surface area contributed by atoms with Gasteiger partial charge in [0.15, 0.2) is 6.23 Å². The Labute approximate surface area is 106 Å². The number of hydrogen-bond donors (Lipinski definition) is 4. The fraction of sp³-hybridized carbons (Fsp3) is 0.556. The van der Waals surface area contributed by atoms with Crippen LogP contribution in [0.5, 0.6) is 0 Å². The molecule has 9 heteroatoms. The van der Waals surface area contributed by atoms with Gasteiger partial charge < -0.3 is 25.8 Å². The monoisotopic (exact) mass is 277 g/mol. The van der Waals surface area contributed by atoms with Gasteiger partial charge in [0, 0.05) is 6.20 Å². The van der Waals surface area contributed by atoms with Crippen LogP contribution in [0.1, 0.15) is 6.23 Å². The normalized spacial score (nSPS) is 35.9. The Bertz CT molecular complexity index is 505. The highest BCUT2D eigenvalue weighted by atomic mass is 35.5. The Kier molecular flexibility index (Phi) is 3.30. The molecule has 1 aromatic rings. The Balaban J connectivity index is 2.42. The maximum atomic E-state index is 11.6. The summed E-state index contributed by atoms with van der Waals surface area (Å²) in [6.45, 7) is -0.552. The SMILES string of the molecule is Nc1ccn([C@@H]2O[C@H](CO)[C@@H](O)[C@]2(O)Cl)c(=O)n1. The van der Waals surface area contributed by atoms with Crippen molar-refractivity contribution in [2.45, 2.75) is 23.5 Å². The average molecular weight is 278 g/mol. The van der Waals surface area contributed by atoms with Gasteiger partial charge in [0.05, 0.1) is 6.61 Å². The van der Waals surface area contributed by atoms with Gasteiger partial charge in [-0.25, -0.2) is 4.79 Å². The predicted octanol–water partition coefficient (Wildman–Crippen LogP) is -2.00. The molecule has 0 unspecified atom stereocenters. The van der Waals surface area contributed by atoms with E-state index in [0.717, 1.165) is 4.57 Å². The minimum Gasteiger partial charge on any atom is -0.394 e. The first-order chi connectivity index (χ1) is 8.37. The first-order valence-electron chi connectivity index (χ1n) is 5.08. The van der Waals surface area contributed by atoms with E-state index in [0.29, 0.717) is 0 Å². The summed E-state index contributed by atoms with van der Waals surface area (Å²) in [5.74, 6) is 0.00613. The summed E-state index contributed by atoms with van der Waals surface area (Å²) in [5, 5.41) is 26.3. The van der Waals surface area contributed by atoms with Crippen LogP contribution in [0.3, 0.4) is 0 Å². The van der Waals surface area contributed by atoms with E-state index in [2.05, 4.69) is 4.98 Å². The lowest BCUT2D eigenvalue weighted by atomic mass is 10.1. The summed E-state index contributed by atoms with van der Waals surface area (Å²) in [5.41, 5.74) is 4.54. The van der Waals surface area contributed by atoms with Crippen molar-refractivity contribution in [1.82, 2.24) is 9.55 Å². The molecule has 4 atom stereocenters. The van der Waals surface area contributed by atoms with E-state index in [4.69, 9.17) is 27.2 Å². The number of nitrogens with two attached hydrogens (primary N) is 1. The second kappa shape index (κ2) is 4.48. The van der Waals surface area contributed by atoms with Crippen LogP contribution in [0.15, 0.2) is 17.1 Å². The molecule has 18 heavy (non-hydrogen) atoms. The molecule has 5 N–H and O–H groups in total. The molecule has 0 aromatic carbocycles. The molecule has 2 heterocycles. The quantitative estimate of drug-likeness (QED) is 0.460. The van der Waals surface area contributed by atoms with Crippen LogP contribution in [0.4, 0.5) is 5.82 Å². The topological polar surface area (TPSA) is 131 Å². The van der Waals surface area contributed by atoms with Crippen molar-refractivity contribution in [2.75, 3.05) is 12.3 Å². The number of halogens is 1. The Hall–Kier alpha value is -1.19. The van der Waals surface area contributed by atoms with E-state index in [9.17, 15) is 15.0 Å². The molecule has 2 rings (SSSR count). The third-order valence-electron chi connectivity index (χ3n) is 2.70. The number of nitrogens with zero attached hydrogens (tertiary/aromatic N) is 2. The highest BCUT2D eigenvalue weighted by Gasteiger charge is 2.55. The van der Waals surface area contributed by atoms with Gasteiger partial charge in [-0.1, -0.05) is 11.6 Å². The molecule has 8 nitrogen and oxygen atoms in total. The van der Waals surface area contributed by atoms with Crippen molar-refractivity contribution >= 4 is 17.4 Å². The van der Waals surface area contributed by atoms with Crippen molar-refractivity contribution < 1.29 is 20.1 Å². The molecule has 0 aliphatic carbocycles. The third kappa shape index (κ3) is 1.98. The molecule has 1 aromatic heterocycles. The Morgan fingerprint density at radius 3 is 2.83 bits per heavy atom. The maximum absolute atomic E-state index is 11.6. The van der Waals surface area contributed by atoms with Crippen LogP contribution >= 0.6 is 11.6 Å². The summed E-state index contributed by atoms with van der Waals surface area (Å²) in [6.07, 6.45) is -2.78. The Morgan fingerprint density at radius 1 is 1.67 bits per heavy atom. The van der Waals surface area contributed by atoms with E-state index in [1.54, 1.807) is 0 Å². The summed E-state index contributed by atoms with van der Waals surface area (Å²) >= 11 is 5.75. The van der Waals surface area contributed by atoms with Crippen LogP contribution in [0, 0.1) is 0 Å². The maximum Gasteiger partial charge on any atom is 0.351 e. The Morgan fingerprint density at radius 2 is 2.33 bits per heavy atom. The van der Waals surface area contributed by atoms with Crippen molar-refractivity contribution in [2.24, 2.45) is 0 Å². The molecule has 1 fully saturated rings. The zero-order chi connectivity index (χ0) is 13.5. The van der Waals surface area contributed by atoms with Crippen LogP contribution in [0.25, 0.3) is 0 Å². The van der Waals surface area contributed by atoms with Crippen LogP contribution in [0.2, 0.25) is 0 Å². The predicted molar refractivity (Wildman–Crippen MR) is 60.7 cm³/mol. The van der Waals surface area contributed by atoms with E-state index >= 15 is 0 Å². The van der Waals surface area contributed by atoms with Crippen molar-refractivity contribution in [3.05, 3.63) is 22.7 Å². The standard InChI is InChI=1S/C9H12ClN3O5/c10-9(17)6(15)4(3-14)18-7(9)13-2-1-5(11)12-8(13)16/h1-2,4,6-7,14-15,17H,3H2,(H2,11,12,16)/t4-,6-,7-,9-/m1/s1. The minimum atomic E-state index is -2.24. The number of aliphatic hydroxyl groups is 3. The third-order valence-corrected chi connectivity index (χ3v) is 3.11. The largest absolute Gasteiger partial charge is 0.394 e. The molecule has 100 valence electrons. The van der Waals surface area contributed by atoms with Crippen LogP contribution in [-0.4, -0.2) is 48.7 Å². The van der Waals surface area contributed by atoms with E-state index in [1.165, 1.54) is 12.3 Å². The fourth-order valence-corrected chi connectivity index (χ4v) is 2.05. The second-order valence-corrected chi connectivity index (χ2v) is 4.53. The van der Waals surface area contributed by atoms with Gasteiger partial charge in [-0.3, -0.25) is 4.57 Å². The number of rotatable bonds is 2. The highest BCUT2D eigenvalue weighted by Crippen LogP contribution is 2.40. The molecule has 1 aliphatic heterocycles. The summed E-state index contributed by atoms with van der Waals surface area (Å²) in [7, 11) is 0. The van der Waals surface area contributed by atoms with Gasteiger partial charge in [-0.05, 0) is 6.07 Å². The van der Waals surface area contributed by atoms with Crippen LogP contribution in [-0.2, 0) is 4.74 Å². The van der Waals surface area contributed by atoms with Gasteiger partial charge >= 0.3 is 5.69 Å². The van der Waals surface area contributed by atoms with Gasteiger partial charge in [-0.2, -0.15) is 4.98 Å². The first kappa shape index (κ1) is 13.2. The van der Waals surface area contributed by atoms with Gasteiger partial charge in [0.2, 0.25) is 5.06 Å². The lowest BCUT2D eigenvalue weighted by Crippen LogP contribution is -2.44. The molecule has 1 saturated heterocycles. The number of aliphatic hydroxyl groups excluding tert-OH is 2. The average Bonchev–Trinajstić information content (AvgIpc) is 2.52. The smallest absolute Gasteiger partial charge is 0.351 e. The molecule has 0 radical (unpaired) electrons. The van der Waals surface area contributed by atoms with E-state index in [1.807, 2.05) is 0 Å². The van der Waals surface area contributed by atoms with Gasteiger partial charge in [0.1, 0.15) is 18.0 Å². The lowest BCUT2D eigenvalue weighted by molar-refractivity contribution is -0.0656. The number of nitrogen functional groups attached to an aromatic ring is 1. The molecule has 0 bridgehead atoms. The first-order valence-corrected chi connectivity index (χ1v) is 5.46. The van der Waals surface area contributed by atoms with E-state index < -0.39 is 35.8 Å². The number of aromatic nitrogens is 2. The minimum absolute atomic E-state index is 0.00613. The van der Waals surface area contributed by atoms with Crippen molar-refractivity contribution in [3.8, 4) is 0 Å². The molecular formula is C9H12ClN3O5. The van der Waals surface area contributed by atoms with Crippen molar-refractivity contribution in [3.63, 3.8) is 0 Å². The highest BCUT2D eigenvalue weighted by molar-refractivity contribution is 6.23. The molecular weight excluding hydrogens is 266 g/mol. The molecule has 1 aliphatic rings. The number of ether oxygens (including phenoxy) is 1. The second-order valence-electron chi connectivity index (χ2n) is 3.92. The van der Waals surface area contributed by atoms with E-state index in [-0.39, 0.29) is 5.82 Å². The molecule has 0 amide bonds. The lowest BCUT2D eigenvalue weighted by Gasteiger charge is -2.24. The summed E-state index contributed by atoms with van der Waals surface area (Å²) in [4.78, 5) is 15.0. The summed E-state index contributed by atoms with van der Waals surface area (Å²) < 4.78 is 6.04. The number of hydrogen-bond acceptors (Lipinski definition) is 7. The molecule has 0 saturated carbocycles. The van der Waals surface area contributed by atoms with Crippen LogP contribution < -0.4 is 11.4 Å². The number of anilines is 1. The summed E-state index contributed by atoms with van der Waals surface area (Å²) in [6, 6.07) is 1.32. The zero-order valence-electron chi connectivity index (χ0n) is 9.10. The van der Waals surface area contributed by atoms with Gasteiger partial charge in [0.25, 0.3) is 0 Å². The fourth-order valence-electron chi connectivity index (χ4n) is 1.75. The zero-order valence-corrected chi connectivity index (χ0v) is 9.86. The van der Waals surface area contributed by atoms with Crippen molar-refractivity contribution in [1.29, 1.82) is 0 Å². The number of alkyl halides is 1. The van der Waals surface area contributed by atoms with Gasteiger partial charge in [-0.15, -0.1) is 0 Å². The molecule has 0 spiro atoms.